The molecule has 0 spiro atoms. The average Bonchev–Trinajstić information content (AvgIpc) is 3.29. The summed E-state index contributed by atoms with van der Waals surface area (Å²) in [6.45, 7) is 5.12. The summed E-state index contributed by atoms with van der Waals surface area (Å²) in [5, 5.41) is 7.34. The Kier molecular flexibility index (Phi) is 7.85. The predicted molar refractivity (Wildman–Crippen MR) is 122 cm³/mol. The normalized spacial score (nSPS) is 15.9. The van der Waals surface area contributed by atoms with Crippen molar-refractivity contribution in [3.63, 3.8) is 0 Å². The highest BCUT2D eigenvalue weighted by Crippen LogP contribution is 2.27. The first-order chi connectivity index (χ1) is 14.8. The number of nitrogens with one attached hydrogen (secondary N) is 2. The van der Waals surface area contributed by atoms with Crippen LogP contribution in [0.4, 0.5) is 0 Å². The number of benzene rings is 1. The molecule has 0 bridgehead atoms. The maximum absolute atomic E-state index is 13.0. The standard InChI is InChI=1S/C22H29N3O4S2/c1-3-16(2)24-21(26)18-9-7-8-17(14-18)15-23-22(27)20-19(10-13-30-20)31(28,29)25-11-5-4-6-12-25/h7-10,13-14,16H,3-6,11-12,15H2,1-2H3,(H,23,27)(H,24,26). The zero-order valence-corrected chi connectivity index (χ0v) is 19.5. The van der Waals surface area contributed by atoms with Crippen LogP contribution in [0.2, 0.25) is 0 Å². The van der Waals surface area contributed by atoms with Gasteiger partial charge in [0.25, 0.3) is 11.8 Å². The number of nitrogens with zero attached hydrogens (tertiary/aromatic N) is 1. The molecule has 168 valence electrons. The molecule has 7 nitrogen and oxygen atoms in total. The SMILES string of the molecule is CCC(C)NC(=O)c1cccc(CNC(=O)c2sccc2S(=O)(=O)N2CCCCC2)c1. The van der Waals surface area contributed by atoms with Crippen LogP contribution in [0.25, 0.3) is 0 Å². The Labute approximate surface area is 187 Å². The highest BCUT2D eigenvalue weighted by atomic mass is 32.2. The topological polar surface area (TPSA) is 95.6 Å². The minimum atomic E-state index is -3.68. The number of hydrogen-bond acceptors (Lipinski definition) is 5. The Morgan fingerprint density at radius 3 is 2.58 bits per heavy atom. The second kappa shape index (κ2) is 10.4. The summed E-state index contributed by atoms with van der Waals surface area (Å²) in [6.07, 6.45) is 3.54. The van der Waals surface area contributed by atoms with Gasteiger partial charge in [-0.25, -0.2) is 8.42 Å². The maximum atomic E-state index is 13.0. The van der Waals surface area contributed by atoms with Crippen LogP contribution in [-0.4, -0.2) is 43.7 Å². The summed E-state index contributed by atoms with van der Waals surface area (Å²) >= 11 is 1.12. The van der Waals surface area contributed by atoms with Gasteiger partial charge in [-0.05, 0) is 55.3 Å². The zero-order valence-electron chi connectivity index (χ0n) is 17.9. The molecule has 9 heteroatoms. The van der Waals surface area contributed by atoms with E-state index < -0.39 is 15.9 Å². The molecular formula is C22H29N3O4S2. The lowest BCUT2D eigenvalue weighted by Crippen LogP contribution is -2.36. The fourth-order valence-corrected chi connectivity index (χ4v) is 6.24. The van der Waals surface area contributed by atoms with Gasteiger partial charge in [-0.15, -0.1) is 11.3 Å². The van der Waals surface area contributed by atoms with E-state index in [4.69, 9.17) is 0 Å². The monoisotopic (exact) mass is 463 g/mol. The minimum Gasteiger partial charge on any atom is -0.350 e. The molecule has 1 unspecified atom stereocenters. The molecule has 0 saturated carbocycles. The third-order valence-corrected chi connectivity index (χ3v) is 8.38. The molecule has 1 aromatic heterocycles. The molecule has 3 rings (SSSR count). The molecule has 2 heterocycles. The Hall–Kier alpha value is -2.23. The Morgan fingerprint density at radius 2 is 1.87 bits per heavy atom. The van der Waals surface area contributed by atoms with E-state index in [0.717, 1.165) is 42.6 Å². The van der Waals surface area contributed by atoms with Crippen molar-refractivity contribution in [3.05, 3.63) is 51.7 Å². The molecule has 0 aliphatic carbocycles. The van der Waals surface area contributed by atoms with E-state index in [9.17, 15) is 18.0 Å². The van der Waals surface area contributed by atoms with Crippen molar-refractivity contribution in [2.45, 2.75) is 57.0 Å². The minimum absolute atomic E-state index is 0.0681. The second-order valence-electron chi connectivity index (χ2n) is 7.74. The van der Waals surface area contributed by atoms with Crippen LogP contribution in [0.15, 0.2) is 40.6 Å². The molecule has 2 N–H and O–H groups in total. The number of thiophene rings is 1. The number of carbonyl (C=O) groups is 2. The maximum Gasteiger partial charge on any atom is 0.263 e. The molecule has 1 fully saturated rings. The summed E-state index contributed by atoms with van der Waals surface area (Å²) in [4.78, 5) is 25.4. The van der Waals surface area contributed by atoms with Crippen LogP contribution in [0.3, 0.4) is 0 Å². The van der Waals surface area contributed by atoms with Crippen LogP contribution >= 0.6 is 11.3 Å². The van der Waals surface area contributed by atoms with Gasteiger partial charge in [-0.3, -0.25) is 9.59 Å². The quantitative estimate of drug-likeness (QED) is 0.627. The highest BCUT2D eigenvalue weighted by molar-refractivity contribution is 7.89. The van der Waals surface area contributed by atoms with E-state index in [1.165, 1.54) is 10.4 Å². The van der Waals surface area contributed by atoms with Crippen molar-refractivity contribution in [2.75, 3.05) is 13.1 Å². The van der Waals surface area contributed by atoms with Crippen molar-refractivity contribution in [3.8, 4) is 0 Å². The van der Waals surface area contributed by atoms with Crippen molar-refractivity contribution >= 4 is 33.2 Å². The van der Waals surface area contributed by atoms with Gasteiger partial charge in [0, 0.05) is 31.2 Å². The lowest BCUT2D eigenvalue weighted by Gasteiger charge is -2.25. The fraction of sp³-hybridized carbons (Fsp3) is 0.455. The summed E-state index contributed by atoms with van der Waals surface area (Å²) in [7, 11) is -3.68. The molecule has 2 amide bonds. The number of amides is 2. The lowest BCUT2D eigenvalue weighted by atomic mass is 10.1. The molecule has 31 heavy (non-hydrogen) atoms. The van der Waals surface area contributed by atoms with E-state index >= 15 is 0 Å². The summed E-state index contributed by atoms with van der Waals surface area (Å²) in [5.74, 6) is -0.587. The van der Waals surface area contributed by atoms with Crippen molar-refractivity contribution < 1.29 is 18.0 Å². The van der Waals surface area contributed by atoms with Crippen LogP contribution < -0.4 is 10.6 Å². The van der Waals surface area contributed by atoms with Gasteiger partial charge in [0.2, 0.25) is 10.0 Å². The first kappa shape index (κ1) is 23.4. The summed E-state index contributed by atoms with van der Waals surface area (Å²) in [6, 6.07) is 8.63. The van der Waals surface area contributed by atoms with Gasteiger partial charge in [0.1, 0.15) is 9.77 Å². The van der Waals surface area contributed by atoms with Crippen LogP contribution in [0.1, 0.15) is 65.1 Å². The molecule has 1 saturated heterocycles. The molecule has 1 aliphatic heterocycles. The lowest BCUT2D eigenvalue weighted by molar-refractivity contribution is 0.0937. The molecule has 2 aromatic rings. The zero-order chi connectivity index (χ0) is 22.4. The van der Waals surface area contributed by atoms with Gasteiger partial charge in [0.15, 0.2) is 0 Å². The predicted octanol–water partition coefficient (Wildman–Crippen LogP) is 3.38. The van der Waals surface area contributed by atoms with E-state index in [1.807, 2.05) is 19.9 Å². The van der Waals surface area contributed by atoms with Crippen molar-refractivity contribution in [1.29, 1.82) is 0 Å². The van der Waals surface area contributed by atoms with Gasteiger partial charge in [-0.2, -0.15) is 4.31 Å². The fourth-order valence-electron chi connectivity index (χ4n) is 3.40. The second-order valence-corrected chi connectivity index (χ2v) is 10.6. The highest BCUT2D eigenvalue weighted by Gasteiger charge is 2.30. The third kappa shape index (κ3) is 5.72. The Bertz CT molecular complexity index is 1030. The van der Waals surface area contributed by atoms with Crippen LogP contribution in [0, 0.1) is 0 Å². The van der Waals surface area contributed by atoms with Crippen molar-refractivity contribution in [1.82, 2.24) is 14.9 Å². The number of sulfonamides is 1. The summed E-state index contributed by atoms with van der Waals surface area (Å²) < 4.78 is 27.4. The third-order valence-electron chi connectivity index (χ3n) is 5.40. The van der Waals surface area contributed by atoms with Gasteiger partial charge in [0.05, 0.1) is 0 Å². The number of rotatable bonds is 8. The number of carbonyl (C=O) groups excluding carboxylic acids is 2. The van der Waals surface area contributed by atoms with Crippen molar-refractivity contribution in [2.24, 2.45) is 0 Å². The van der Waals surface area contributed by atoms with E-state index in [1.54, 1.807) is 23.6 Å². The average molecular weight is 464 g/mol. The van der Waals surface area contributed by atoms with Crippen LogP contribution in [0.5, 0.6) is 0 Å². The Morgan fingerprint density at radius 1 is 1.13 bits per heavy atom. The van der Waals surface area contributed by atoms with Gasteiger partial charge >= 0.3 is 0 Å². The largest absolute Gasteiger partial charge is 0.350 e. The first-order valence-electron chi connectivity index (χ1n) is 10.6. The molecule has 0 radical (unpaired) electrons. The first-order valence-corrected chi connectivity index (χ1v) is 12.9. The Balaban J connectivity index is 1.68. The molecular weight excluding hydrogens is 434 g/mol. The van der Waals surface area contributed by atoms with E-state index in [-0.39, 0.29) is 28.3 Å². The number of hydrogen-bond donors (Lipinski definition) is 2. The number of piperidine rings is 1. The molecule has 1 atom stereocenters. The smallest absolute Gasteiger partial charge is 0.263 e. The van der Waals surface area contributed by atoms with Crippen LogP contribution in [-0.2, 0) is 16.6 Å². The van der Waals surface area contributed by atoms with E-state index in [2.05, 4.69) is 10.6 Å². The van der Waals surface area contributed by atoms with Gasteiger partial charge in [-0.1, -0.05) is 25.5 Å². The molecule has 1 aliphatic rings. The van der Waals surface area contributed by atoms with Gasteiger partial charge < -0.3 is 10.6 Å². The van der Waals surface area contributed by atoms with E-state index in [0.29, 0.717) is 18.7 Å². The summed E-state index contributed by atoms with van der Waals surface area (Å²) in [5.41, 5.74) is 1.29. The molecule has 1 aromatic carbocycles.